The fourth-order valence-corrected chi connectivity index (χ4v) is 2.26. The highest BCUT2D eigenvalue weighted by atomic mass is 127. The van der Waals surface area contributed by atoms with Crippen molar-refractivity contribution in [2.75, 3.05) is 11.9 Å². The number of hydrogen-bond acceptors (Lipinski definition) is 2. The zero-order chi connectivity index (χ0) is 16.5. The number of anilines is 1. The van der Waals surface area contributed by atoms with E-state index < -0.39 is 0 Å². The van der Waals surface area contributed by atoms with E-state index in [-0.39, 0.29) is 5.91 Å². The van der Waals surface area contributed by atoms with Gasteiger partial charge in [0.2, 0.25) is 5.91 Å². The Morgan fingerprint density at radius 2 is 1.83 bits per heavy atom. The van der Waals surface area contributed by atoms with E-state index in [9.17, 15) is 4.79 Å². The zero-order valence-electron chi connectivity index (χ0n) is 13.1. The molecule has 0 aromatic heterocycles. The molecule has 0 spiro atoms. The molecule has 0 unspecified atom stereocenters. The van der Waals surface area contributed by atoms with Gasteiger partial charge in [-0.1, -0.05) is 25.5 Å². The van der Waals surface area contributed by atoms with Gasteiger partial charge in [-0.2, -0.15) is 0 Å². The van der Waals surface area contributed by atoms with Crippen LogP contribution in [0.3, 0.4) is 0 Å². The topological polar surface area (TPSA) is 38.3 Å². The van der Waals surface area contributed by atoms with E-state index in [1.165, 1.54) is 6.08 Å². The van der Waals surface area contributed by atoms with E-state index in [0.717, 1.165) is 40.0 Å². The highest BCUT2D eigenvalue weighted by molar-refractivity contribution is 14.1. The smallest absolute Gasteiger partial charge is 0.248 e. The highest BCUT2D eigenvalue weighted by Crippen LogP contribution is 2.14. The maximum absolute atomic E-state index is 11.9. The summed E-state index contributed by atoms with van der Waals surface area (Å²) in [6.07, 6.45) is 5.50. The van der Waals surface area contributed by atoms with Gasteiger partial charge in [0.1, 0.15) is 5.75 Å². The number of benzene rings is 2. The van der Waals surface area contributed by atoms with Crippen molar-refractivity contribution in [2.45, 2.75) is 19.8 Å². The summed E-state index contributed by atoms with van der Waals surface area (Å²) in [5.41, 5.74) is 1.75. The molecule has 0 saturated heterocycles. The van der Waals surface area contributed by atoms with E-state index >= 15 is 0 Å². The van der Waals surface area contributed by atoms with Crippen LogP contribution in [-0.2, 0) is 4.79 Å². The van der Waals surface area contributed by atoms with Gasteiger partial charge in [0.15, 0.2) is 0 Å². The number of ether oxygens (including phenoxy) is 1. The number of unbranched alkanes of at least 4 members (excludes halogenated alkanes) is 1. The number of hydrogen-bond donors (Lipinski definition) is 1. The van der Waals surface area contributed by atoms with Gasteiger partial charge in [0.25, 0.3) is 0 Å². The molecule has 3 nitrogen and oxygen atoms in total. The maximum atomic E-state index is 11.9. The zero-order valence-corrected chi connectivity index (χ0v) is 15.2. The molecule has 4 heteroatoms. The van der Waals surface area contributed by atoms with Crippen molar-refractivity contribution in [1.29, 1.82) is 0 Å². The summed E-state index contributed by atoms with van der Waals surface area (Å²) >= 11 is 2.23. The van der Waals surface area contributed by atoms with Gasteiger partial charge in [0, 0.05) is 15.3 Å². The second-order valence-electron chi connectivity index (χ2n) is 5.10. The Balaban J connectivity index is 1.86. The van der Waals surface area contributed by atoms with Crippen LogP contribution in [0, 0.1) is 3.57 Å². The van der Waals surface area contributed by atoms with Crippen LogP contribution in [0.4, 0.5) is 5.69 Å². The first-order chi connectivity index (χ1) is 11.2. The van der Waals surface area contributed by atoms with Gasteiger partial charge in [-0.05, 0) is 77.0 Å². The van der Waals surface area contributed by atoms with Crippen LogP contribution < -0.4 is 10.1 Å². The molecule has 0 fully saturated rings. The number of amides is 1. The van der Waals surface area contributed by atoms with E-state index in [1.807, 2.05) is 48.5 Å². The molecule has 1 amide bonds. The Kier molecular flexibility index (Phi) is 7.13. The van der Waals surface area contributed by atoms with Crippen molar-refractivity contribution in [2.24, 2.45) is 0 Å². The first-order valence-corrected chi connectivity index (χ1v) is 8.73. The standard InChI is InChI=1S/C19H20INO2/c1-2-3-14-23-18-11-4-15(5-12-18)6-13-19(22)21-17-9-7-16(20)8-10-17/h4-13H,2-3,14H2,1H3,(H,21,22)/b13-6+. The lowest BCUT2D eigenvalue weighted by atomic mass is 10.2. The molecule has 0 aliphatic heterocycles. The molecule has 23 heavy (non-hydrogen) atoms. The van der Waals surface area contributed by atoms with Crippen molar-refractivity contribution >= 4 is 40.3 Å². The lowest BCUT2D eigenvalue weighted by Gasteiger charge is -2.05. The molecular weight excluding hydrogens is 401 g/mol. The molecular formula is C19H20INO2. The maximum Gasteiger partial charge on any atom is 0.248 e. The lowest BCUT2D eigenvalue weighted by Crippen LogP contribution is -2.07. The monoisotopic (exact) mass is 421 g/mol. The average molecular weight is 421 g/mol. The average Bonchev–Trinajstić information content (AvgIpc) is 2.56. The van der Waals surface area contributed by atoms with Crippen LogP contribution in [0.2, 0.25) is 0 Å². The Hall–Kier alpha value is -1.82. The van der Waals surface area contributed by atoms with Gasteiger partial charge in [0.05, 0.1) is 6.61 Å². The Labute approximate surface area is 150 Å². The fourth-order valence-electron chi connectivity index (χ4n) is 1.90. The number of halogens is 1. The summed E-state index contributed by atoms with van der Waals surface area (Å²) in [6, 6.07) is 15.4. The number of carbonyl (C=O) groups excluding carboxylic acids is 1. The summed E-state index contributed by atoms with van der Waals surface area (Å²) in [4.78, 5) is 11.9. The molecule has 0 saturated carbocycles. The lowest BCUT2D eigenvalue weighted by molar-refractivity contribution is -0.111. The first kappa shape index (κ1) is 17.5. The van der Waals surface area contributed by atoms with E-state index in [2.05, 4.69) is 34.8 Å². The molecule has 0 aliphatic carbocycles. The summed E-state index contributed by atoms with van der Waals surface area (Å²) < 4.78 is 6.75. The van der Waals surface area contributed by atoms with Crippen LogP contribution in [0.15, 0.2) is 54.6 Å². The van der Waals surface area contributed by atoms with E-state index in [1.54, 1.807) is 6.08 Å². The highest BCUT2D eigenvalue weighted by Gasteiger charge is 1.98. The normalized spacial score (nSPS) is 10.7. The minimum atomic E-state index is -0.144. The molecule has 0 heterocycles. The summed E-state index contributed by atoms with van der Waals surface area (Å²) in [7, 11) is 0. The quantitative estimate of drug-likeness (QED) is 0.383. The third kappa shape index (κ3) is 6.44. The Morgan fingerprint density at radius 3 is 2.48 bits per heavy atom. The molecule has 2 aromatic rings. The van der Waals surface area contributed by atoms with Crippen molar-refractivity contribution in [1.82, 2.24) is 0 Å². The molecule has 2 rings (SSSR count). The summed E-state index contributed by atoms with van der Waals surface area (Å²) in [5, 5.41) is 2.83. The van der Waals surface area contributed by atoms with Gasteiger partial charge in [-0.25, -0.2) is 0 Å². The SMILES string of the molecule is CCCCOc1ccc(/C=C/C(=O)Nc2ccc(I)cc2)cc1. The molecule has 1 N–H and O–H groups in total. The second kappa shape index (κ2) is 9.35. The van der Waals surface area contributed by atoms with Gasteiger partial charge >= 0.3 is 0 Å². The van der Waals surface area contributed by atoms with Crippen LogP contribution in [0.5, 0.6) is 5.75 Å². The van der Waals surface area contributed by atoms with Gasteiger partial charge < -0.3 is 10.1 Å². The van der Waals surface area contributed by atoms with Crippen molar-refractivity contribution in [3.05, 3.63) is 63.7 Å². The number of carbonyl (C=O) groups is 1. The van der Waals surface area contributed by atoms with E-state index in [4.69, 9.17) is 4.74 Å². The third-order valence-corrected chi connectivity index (χ3v) is 3.90. The predicted octanol–water partition coefficient (Wildman–Crippen LogP) is 5.12. The van der Waals surface area contributed by atoms with Crippen molar-refractivity contribution < 1.29 is 9.53 Å². The van der Waals surface area contributed by atoms with E-state index in [0.29, 0.717) is 0 Å². The number of nitrogens with one attached hydrogen (secondary N) is 1. The van der Waals surface area contributed by atoms with Crippen LogP contribution in [-0.4, -0.2) is 12.5 Å². The van der Waals surface area contributed by atoms with Gasteiger partial charge in [-0.15, -0.1) is 0 Å². The molecule has 120 valence electrons. The largest absolute Gasteiger partial charge is 0.494 e. The molecule has 0 aliphatic rings. The third-order valence-electron chi connectivity index (χ3n) is 3.19. The molecule has 0 bridgehead atoms. The first-order valence-electron chi connectivity index (χ1n) is 7.65. The van der Waals surface area contributed by atoms with Gasteiger partial charge in [-0.3, -0.25) is 4.79 Å². The molecule has 0 atom stereocenters. The Morgan fingerprint density at radius 1 is 1.13 bits per heavy atom. The van der Waals surface area contributed by atoms with Crippen LogP contribution >= 0.6 is 22.6 Å². The minimum absolute atomic E-state index is 0.144. The van der Waals surface area contributed by atoms with Crippen molar-refractivity contribution in [3.8, 4) is 5.75 Å². The second-order valence-corrected chi connectivity index (χ2v) is 6.35. The fraction of sp³-hybridized carbons (Fsp3) is 0.211. The Bertz CT molecular complexity index is 648. The molecule has 0 radical (unpaired) electrons. The number of rotatable bonds is 7. The molecule has 2 aromatic carbocycles. The summed E-state index contributed by atoms with van der Waals surface area (Å²) in [5.74, 6) is 0.716. The van der Waals surface area contributed by atoms with Crippen LogP contribution in [0.1, 0.15) is 25.3 Å². The van der Waals surface area contributed by atoms with Crippen LogP contribution in [0.25, 0.3) is 6.08 Å². The summed E-state index contributed by atoms with van der Waals surface area (Å²) in [6.45, 7) is 2.88. The predicted molar refractivity (Wildman–Crippen MR) is 104 cm³/mol. The van der Waals surface area contributed by atoms with Crippen molar-refractivity contribution in [3.63, 3.8) is 0 Å². The minimum Gasteiger partial charge on any atom is -0.494 e.